The summed E-state index contributed by atoms with van der Waals surface area (Å²) in [6, 6.07) is 3.66. The van der Waals surface area contributed by atoms with Crippen molar-refractivity contribution in [1.29, 1.82) is 0 Å². The molecule has 3 N–H and O–H groups in total. The smallest absolute Gasteiger partial charge is 0.259 e. The molecule has 0 aliphatic carbocycles. The van der Waals surface area contributed by atoms with Crippen LogP contribution in [0.1, 0.15) is 49.9 Å². The molecule has 2 rings (SSSR count). The lowest BCUT2D eigenvalue weighted by Gasteiger charge is -2.13. The van der Waals surface area contributed by atoms with Crippen LogP contribution in [0.5, 0.6) is 0 Å². The molecular weight excluding hydrogens is 280 g/mol. The van der Waals surface area contributed by atoms with Crippen molar-refractivity contribution in [3.63, 3.8) is 0 Å². The number of carbonyl (C=O) groups is 1. The Morgan fingerprint density at radius 2 is 2.27 bits per heavy atom. The summed E-state index contributed by atoms with van der Waals surface area (Å²) in [6.45, 7) is 4.14. The molecule has 1 atom stereocenters. The summed E-state index contributed by atoms with van der Waals surface area (Å²) in [7, 11) is 0. The molecule has 6 heteroatoms. The number of anilines is 1. The lowest BCUT2D eigenvalue weighted by molar-refractivity contribution is 0.0939. The van der Waals surface area contributed by atoms with Crippen molar-refractivity contribution < 1.29 is 9.32 Å². The van der Waals surface area contributed by atoms with E-state index in [0.717, 1.165) is 25.7 Å². The second-order valence-corrected chi connectivity index (χ2v) is 5.38. The first-order chi connectivity index (χ1) is 10.6. The molecule has 0 aliphatic rings. The number of rotatable bonds is 7. The van der Waals surface area contributed by atoms with Crippen LogP contribution in [0.2, 0.25) is 0 Å². The van der Waals surface area contributed by atoms with Gasteiger partial charge in [-0.05, 0) is 25.5 Å². The fourth-order valence-corrected chi connectivity index (χ4v) is 2.29. The van der Waals surface area contributed by atoms with E-state index >= 15 is 0 Å². The van der Waals surface area contributed by atoms with Gasteiger partial charge in [0.2, 0.25) is 5.88 Å². The van der Waals surface area contributed by atoms with Crippen molar-refractivity contribution in [2.45, 2.75) is 45.6 Å². The van der Waals surface area contributed by atoms with Crippen molar-refractivity contribution in [3.8, 4) is 11.3 Å². The number of nitrogens with zero attached hydrogens (tertiary/aromatic N) is 2. The summed E-state index contributed by atoms with van der Waals surface area (Å²) in [5, 5.41) is 6.84. The minimum absolute atomic E-state index is 0.0251. The van der Waals surface area contributed by atoms with Crippen LogP contribution in [0.4, 0.5) is 5.88 Å². The molecule has 0 fully saturated rings. The maximum atomic E-state index is 12.5. The molecule has 1 amide bonds. The first-order valence-corrected chi connectivity index (χ1v) is 7.59. The fraction of sp³-hybridized carbons (Fsp3) is 0.438. The molecule has 0 spiro atoms. The Balaban J connectivity index is 2.12. The largest absolute Gasteiger partial charge is 0.367 e. The van der Waals surface area contributed by atoms with Crippen LogP contribution in [0.15, 0.2) is 29.0 Å². The summed E-state index contributed by atoms with van der Waals surface area (Å²) in [4.78, 5) is 16.5. The molecule has 1 unspecified atom stereocenters. The number of nitrogens with one attached hydrogen (secondary N) is 1. The third-order valence-corrected chi connectivity index (χ3v) is 3.50. The maximum Gasteiger partial charge on any atom is 0.259 e. The minimum atomic E-state index is -0.262. The number of carbonyl (C=O) groups excluding carboxylic acids is 1. The first-order valence-electron chi connectivity index (χ1n) is 7.59. The van der Waals surface area contributed by atoms with Crippen LogP contribution >= 0.6 is 0 Å². The lowest BCUT2D eigenvalue weighted by atomic mass is 10.1. The Labute approximate surface area is 130 Å². The number of unbranched alkanes of at least 4 members (excludes halogenated alkanes) is 2. The van der Waals surface area contributed by atoms with Gasteiger partial charge in [0.05, 0.1) is 0 Å². The summed E-state index contributed by atoms with van der Waals surface area (Å²) in [5.74, 6) is -0.237. The van der Waals surface area contributed by atoms with E-state index in [-0.39, 0.29) is 23.4 Å². The van der Waals surface area contributed by atoms with Gasteiger partial charge in [0.25, 0.3) is 5.91 Å². The summed E-state index contributed by atoms with van der Waals surface area (Å²) >= 11 is 0. The minimum Gasteiger partial charge on any atom is -0.367 e. The molecule has 0 aliphatic heterocycles. The monoisotopic (exact) mass is 302 g/mol. The second-order valence-electron chi connectivity index (χ2n) is 5.38. The Kier molecular flexibility index (Phi) is 5.52. The van der Waals surface area contributed by atoms with Crippen molar-refractivity contribution in [2.24, 2.45) is 0 Å². The van der Waals surface area contributed by atoms with Gasteiger partial charge in [0.1, 0.15) is 11.3 Å². The van der Waals surface area contributed by atoms with Crippen molar-refractivity contribution >= 4 is 11.8 Å². The molecule has 118 valence electrons. The van der Waals surface area contributed by atoms with Gasteiger partial charge in [-0.1, -0.05) is 31.3 Å². The predicted molar refractivity (Wildman–Crippen MR) is 85.2 cm³/mol. The van der Waals surface area contributed by atoms with Crippen molar-refractivity contribution in [1.82, 2.24) is 15.5 Å². The van der Waals surface area contributed by atoms with Gasteiger partial charge in [-0.25, -0.2) is 0 Å². The summed E-state index contributed by atoms with van der Waals surface area (Å²) < 4.78 is 4.99. The molecule has 0 saturated heterocycles. The van der Waals surface area contributed by atoms with Gasteiger partial charge < -0.3 is 15.6 Å². The Hall–Kier alpha value is -2.37. The van der Waals surface area contributed by atoms with Crippen LogP contribution in [0, 0.1) is 0 Å². The SMILES string of the molecule is CCCCCC(C)NC(=O)c1c(-c2cccnc2)noc1N. The van der Waals surface area contributed by atoms with Gasteiger partial charge in [-0.15, -0.1) is 0 Å². The van der Waals surface area contributed by atoms with Gasteiger partial charge >= 0.3 is 0 Å². The van der Waals surface area contributed by atoms with E-state index in [0.29, 0.717) is 11.3 Å². The highest BCUT2D eigenvalue weighted by atomic mass is 16.5. The van der Waals surface area contributed by atoms with Crippen LogP contribution in [0.3, 0.4) is 0 Å². The van der Waals surface area contributed by atoms with E-state index in [4.69, 9.17) is 10.3 Å². The average molecular weight is 302 g/mol. The molecule has 2 heterocycles. The molecule has 0 bridgehead atoms. The molecule has 0 saturated carbocycles. The standard InChI is InChI=1S/C16H22N4O2/c1-3-4-5-7-11(2)19-16(21)13-14(20-22-15(13)17)12-8-6-9-18-10-12/h6,8-11H,3-5,7,17H2,1-2H3,(H,19,21). The second kappa shape index (κ2) is 7.59. The van der Waals surface area contributed by atoms with E-state index in [1.165, 1.54) is 0 Å². The van der Waals surface area contributed by atoms with E-state index in [9.17, 15) is 4.79 Å². The van der Waals surface area contributed by atoms with Crippen molar-refractivity contribution in [3.05, 3.63) is 30.1 Å². The lowest BCUT2D eigenvalue weighted by Crippen LogP contribution is -2.33. The summed E-state index contributed by atoms with van der Waals surface area (Å²) in [5.41, 5.74) is 7.16. The number of hydrogen-bond acceptors (Lipinski definition) is 5. The number of nitrogens with two attached hydrogens (primary N) is 1. The zero-order valence-electron chi connectivity index (χ0n) is 13.0. The third-order valence-electron chi connectivity index (χ3n) is 3.50. The zero-order valence-corrected chi connectivity index (χ0v) is 13.0. The van der Waals surface area contributed by atoms with Crippen LogP contribution < -0.4 is 11.1 Å². The molecular formula is C16H22N4O2. The quantitative estimate of drug-likeness (QED) is 0.767. The molecule has 0 radical (unpaired) electrons. The fourth-order valence-electron chi connectivity index (χ4n) is 2.29. The van der Waals surface area contributed by atoms with Gasteiger partial charge in [-0.3, -0.25) is 9.78 Å². The zero-order chi connectivity index (χ0) is 15.9. The summed E-state index contributed by atoms with van der Waals surface area (Å²) in [6.07, 6.45) is 7.63. The topological polar surface area (TPSA) is 94.0 Å². The highest BCUT2D eigenvalue weighted by molar-refractivity contribution is 6.03. The highest BCUT2D eigenvalue weighted by Gasteiger charge is 2.23. The van der Waals surface area contributed by atoms with E-state index < -0.39 is 0 Å². The highest BCUT2D eigenvalue weighted by Crippen LogP contribution is 2.26. The molecule has 2 aromatic heterocycles. The van der Waals surface area contributed by atoms with E-state index in [1.54, 1.807) is 18.5 Å². The Morgan fingerprint density at radius 1 is 1.45 bits per heavy atom. The predicted octanol–water partition coefficient (Wildman–Crippen LogP) is 3.02. The van der Waals surface area contributed by atoms with Crippen LogP contribution in [0.25, 0.3) is 11.3 Å². The Bertz CT molecular complexity index is 610. The number of aromatic nitrogens is 2. The van der Waals surface area contributed by atoms with E-state index in [2.05, 4.69) is 22.4 Å². The van der Waals surface area contributed by atoms with Crippen molar-refractivity contribution in [2.75, 3.05) is 5.73 Å². The van der Waals surface area contributed by atoms with E-state index in [1.807, 2.05) is 13.0 Å². The molecule has 2 aromatic rings. The van der Waals surface area contributed by atoms with Crippen LogP contribution in [-0.4, -0.2) is 22.1 Å². The Morgan fingerprint density at radius 3 is 2.95 bits per heavy atom. The molecule has 6 nitrogen and oxygen atoms in total. The number of hydrogen-bond donors (Lipinski definition) is 2. The average Bonchev–Trinajstić information content (AvgIpc) is 2.90. The van der Waals surface area contributed by atoms with Crippen LogP contribution in [-0.2, 0) is 0 Å². The van der Waals surface area contributed by atoms with Gasteiger partial charge in [-0.2, -0.15) is 0 Å². The normalized spacial score (nSPS) is 12.1. The number of nitrogen functional groups attached to an aromatic ring is 1. The number of pyridine rings is 1. The van der Waals surface area contributed by atoms with Gasteiger partial charge in [0.15, 0.2) is 0 Å². The van der Waals surface area contributed by atoms with Gasteiger partial charge in [0, 0.05) is 24.0 Å². The maximum absolute atomic E-state index is 12.5. The molecule has 22 heavy (non-hydrogen) atoms. The third kappa shape index (κ3) is 3.84. The number of amides is 1. The molecule has 0 aromatic carbocycles. The first kappa shape index (κ1) is 16.0.